The third-order valence-corrected chi connectivity index (χ3v) is 4.21. The van der Waals surface area contributed by atoms with Crippen LogP contribution in [0.4, 0.5) is 10.1 Å². The maximum atomic E-state index is 13.3. The highest BCUT2D eigenvalue weighted by atomic mass is 35.5. The Balaban J connectivity index is 2.10. The summed E-state index contributed by atoms with van der Waals surface area (Å²) >= 11 is 11.4. The molecule has 1 aromatic rings. The average molecular weight is 319 g/mol. The molecule has 0 bridgehead atoms. The normalized spacial score (nSPS) is 23.2. The standard InChI is InChI=1S/C14H17Cl2FN2O/c15-10-6-8(7-11(16)13(10)17)19-14(20)9-4-2-1-3-5-12(9)18/h6-7,9,12H,1-5,18H2,(H,19,20). The van der Waals surface area contributed by atoms with Gasteiger partial charge in [-0.05, 0) is 25.0 Å². The van der Waals surface area contributed by atoms with Gasteiger partial charge in [0.1, 0.15) is 0 Å². The highest BCUT2D eigenvalue weighted by molar-refractivity contribution is 6.35. The fourth-order valence-corrected chi connectivity index (χ4v) is 3.01. The van der Waals surface area contributed by atoms with E-state index in [1.165, 1.54) is 12.1 Å². The van der Waals surface area contributed by atoms with Gasteiger partial charge >= 0.3 is 0 Å². The van der Waals surface area contributed by atoms with Crippen molar-refractivity contribution in [3.05, 3.63) is 28.0 Å². The molecule has 20 heavy (non-hydrogen) atoms. The minimum atomic E-state index is -0.683. The van der Waals surface area contributed by atoms with E-state index in [4.69, 9.17) is 28.9 Å². The predicted octanol–water partition coefficient (Wildman–Crippen LogP) is 3.98. The SMILES string of the molecule is NC1CCCCCC1C(=O)Nc1cc(Cl)c(F)c(Cl)c1. The van der Waals surface area contributed by atoms with E-state index in [0.717, 1.165) is 32.1 Å². The number of anilines is 1. The molecular weight excluding hydrogens is 302 g/mol. The van der Waals surface area contributed by atoms with Crippen LogP contribution in [-0.2, 0) is 4.79 Å². The number of rotatable bonds is 2. The number of halogens is 3. The van der Waals surface area contributed by atoms with E-state index in [0.29, 0.717) is 5.69 Å². The number of carbonyl (C=O) groups is 1. The lowest BCUT2D eigenvalue weighted by Gasteiger charge is -2.20. The van der Waals surface area contributed by atoms with Crippen molar-refractivity contribution >= 4 is 34.8 Å². The lowest BCUT2D eigenvalue weighted by molar-refractivity contribution is -0.120. The summed E-state index contributed by atoms with van der Waals surface area (Å²) in [5.41, 5.74) is 6.44. The van der Waals surface area contributed by atoms with Gasteiger partial charge in [0.05, 0.1) is 16.0 Å². The fraction of sp³-hybridized carbons (Fsp3) is 0.500. The van der Waals surface area contributed by atoms with Crippen molar-refractivity contribution in [2.45, 2.75) is 38.1 Å². The van der Waals surface area contributed by atoms with Crippen LogP contribution in [-0.4, -0.2) is 11.9 Å². The minimum absolute atomic E-state index is 0.113. The van der Waals surface area contributed by atoms with Gasteiger partial charge in [0.2, 0.25) is 5.91 Å². The number of nitrogens with two attached hydrogens (primary N) is 1. The molecular formula is C14H17Cl2FN2O. The third-order valence-electron chi connectivity index (χ3n) is 3.66. The third kappa shape index (κ3) is 3.62. The van der Waals surface area contributed by atoms with Crippen molar-refractivity contribution in [1.82, 2.24) is 0 Å². The number of benzene rings is 1. The van der Waals surface area contributed by atoms with E-state index in [-0.39, 0.29) is 27.9 Å². The topological polar surface area (TPSA) is 55.1 Å². The van der Waals surface area contributed by atoms with Gasteiger partial charge in [-0.25, -0.2) is 4.39 Å². The van der Waals surface area contributed by atoms with Crippen LogP contribution >= 0.6 is 23.2 Å². The molecule has 2 atom stereocenters. The Morgan fingerprint density at radius 3 is 2.45 bits per heavy atom. The van der Waals surface area contributed by atoms with E-state index >= 15 is 0 Å². The maximum Gasteiger partial charge on any atom is 0.229 e. The van der Waals surface area contributed by atoms with Gasteiger partial charge in [0.25, 0.3) is 0 Å². The van der Waals surface area contributed by atoms with Crippen LogP contribution < -0.4 is 11.1 Å². The Kier molecular flexibility index (Phi) is 5.24. The molecule has 0 spiro atoms. The second-order valence-corrected chi connectivity index (χ2v) is 5.97. The van der Waals surface area contributed by atoms with Crippen molar-refractivity contribution in [2.75, 3.05) is 5.32 Å². The first kappa shape index (κ1) is 15.5. The van der Waals surface area contributed by atoms with E-state index in [1.54, 1.807) is 0 Å². The average Bonchev–Trinajstić information content (AvgIpc) is 2.60. The zero-order valence-electron chi connectivity index (χ0n) is 11.0. The Morgan fingerprint density at radius 1 is 1.20 bits per heavy atom. The summed E-state index contributed by atoms with van der Waals surface area (Å²) < 4.78 is 13.3. The summed E-state index contributed by atoms with van der Waals surface area (Å²) in [6, 6.07) is 2.56. The first-order chi connectivity index (χ1) is 9.49. The van der Waals surface area contributed by atoms with Crippen molar-refractivity contribution in [3.8, 4) is 0 Å². The first-order valence-electron chi connectivity index (χ1n) is 6.70. The van der Waals surface area contributed by atoms with Crippen LogP contribution in [0.5, 0.6) is 0 Å². The van der Waals surface area contributed by atoms with Crippen LogP contribution in [0.2, 0.25) is 10.0 Å². The van der Waals surface area contributed by atoms with Crippen LogP contribution in [0.15, 0.2) is 12.1 Å². The second-order valence-electron chi connectivity index (χ2n) is 5.15. The molecule has 110 valence electrons. The van der Waals surface area contributed by atoms with Crippen molar-refractivity contribution in [1.29, 1.82) is 0 Å². The molecule has 1 aromatic carbocycles. The number of carbonyl (C=O) groups excluding carboxylic acids is 1. The second kappa shape index (κ2) is 6.74. The van der Waals surface area contributed by atoms with Crippen molar-refractivity contribution < 1.29 is 9.18 Å². The summed E-state index contributed by atoms with van der Waals surface area (Å²) in [4.78, 5) is 12.3. The van der Waals surface area contributed by atoms with Gasteiger partial charge in [-0.1, -0.05) is 42.5 Å². The predicted molar refractivity (Wildman–Crippen MR) is 79.6 cm³/mol. The quantitative estimate of drug-likeness (QED) is 0.640. The molecule has 2 rings (SSSR count). The highest BCUT2D eigenvalue weighted by Gasteiger charge is 2.27. The Bertz CT molecular complexity index is 487. The van der Waals surface area contributed by atoms with Gasteiger partial charge in [-0.15, -0.1) is 0 Å². The molecule has 6 heteroatoms. The first-order valence-corrected chi connectivity index (χ1v) is 7.45. The summed E-state index contributed by atoms with van der Waals surface area (Å²) in [5.74, 6) is -1.06. The molecule has 3 nitrogen and oxygen atoms in total. The van der Waals surface area contributed by atoms with Crippen LogP contribution in [0.1, 0.15) is 32.1 Å². The molecule has 2 unspecified atom stereocenters. The molecule has 1 saturated carbocycles. The lowest BCUT2D eigenvalue weighted by Crippen LogP contribution is -2.37. The molecule has 0 radical (unpaired) electrons. The maximum absolute atomic E-state index is 13.3. The zero-order chi connectivity index (χ0) is 14.7. The van der Waals surface area contributed by atoms with Crippen LogP contribution in [0.25, 0.3) is 0 Å². The van der Waals surface area contributed by atoms with Gasteiger partial charge in [-0.3, -0.25) is 4.79 Å². The van der Waals surface area contributed by atoms with Gasteiger partial charge in [0.15, 0.2) is 5.82 Å². The van der Waals surface area contributed by atoms with Crippen molar-refractivity contribution in [2.24, 2.45) is 11.7 Å². The summed E-state index contributed by atoms with van der Waals surface area (Å²) in [6.45, 7) is 0. The fourth-order valence-electron chi connectivity index (χ4n) is 2.52. The minimum Gasteiger partial charge on any atom is -0.327 e. The molecule has 3 N–H and O–H groups in total. The molecule has 1 aliphatic carbocycles. The van der Waals surface area contributed by atoms with Crippen LogP contribution in [0.3, 0.4) is 0 Å². The molecule has 1 aliphatic rings. The summed E-state index contributed by atoms with van der Waals surface area (Å²) in [6.07, 6.45) is 4.78. The molecule has 1 amide bonds. The molecule has 1 fully saturated rings. The smallest absolute Gasteiger partial charge is 0.229 e. The molecule has 0 saturated heterocycles. The van der Waals surface area contributed by atoms with Gasteiger partial charge < -0.3 is 11.1 Å². The number of amides is 1. The summed E-state index contributed by atoms with van der Waals surface area (Å²) in [5, 5.41) is 2.50. The lowest BCUT2D eigenvalue weighted by atomic mass is 9.94. The molecule has 0 aliphatic heterocycles. The van der Waals surface area contributed by atoms with Crippen LogP contribution in [0, 0.1) is 11.7 Å². The number of nitrogens with one attached hydrogen (secondary N) is 1. The number of hydrogen-bond donors (Lipinski definition) is 2. The zero-order valence-corrected chi connectivity index (χ0v) is 12.5. The molecule has 0 heterocycles. The van der Waals surface area contributed by atoms with Crippen molar-refractivity contribution in [3.63, 3.8) is 0 Å². The highest BCUT2D eigenvalue weighted by Crippen LogP contribution is 2.29. The van der Waals surface area contributed by atoms with Gasteiger partial charge in [0, 0.05) is 11.7 Å². The summed E-state index contributed by atoms with van der Waals surface area (Å²) in [7, 11) is 0. The van der Waals surface area contributed by atoms with E-state index in [9.17, 15) is 9.18 Å². The largest absolute Gasteiger partial charge is 0.327 e. The Hall–Kier alpha value is -0.840. The monoisotopic (exact) mass is 318 g/mol. The van der Waals surface area contributed by atoms with E-state index in [2.05, 4.69) is 5.32 Å². The van der Waals surface area contributed by atoms with E-state index < -0.39 is 5.82 Å². The molecule has 0 aromatic heterocycles. The van der Waals surface area contributed by atoms with Gasteiger partial charge in [-0.2, -0.15) is 0 Å². The van der Waals surface area contributed by atoms with E-state index in [1.807, 2.05) is 0 Å². The Labute approximate surface area is 127 Å². The number of hydrogen-bond acceptors (Lipinski definition) is 2. The Morgan fingerprint density at radius 2 is 1.80 bits per heavy atom.